The summed E-state index contributed by atoms with van der Waals surface area (Å²) in [5, 5.41) is 0.837. The molecule has 136 valence electrons. The molecule has 1 aliphatic carbocycles. The van der Waals surface area contributed by atoms with E-state index in [1.165, 1.54) is 10.4 Å². The fraction of sp³-hybridized carbons (Fsp3) is 0.429. The predicted molar refractivity (Wildman–Crippen MR) is 107 cm³/mol. The second-order valence-electron chi connectivity index (χ2n) is 7.29. The second kappa shape index (κ2) is 6.97. The summed E-state index contributed by atoms with van der Waals surface area (Å²) in [4.78, 5) is 20.6. The number of methoxy groups -OCH3 is 1. The van der Waals surface area contributed by atoms with E-state index in [0.29, 0.717) is 19.1 Å². The van der Waals surface area contributed by atoms with Gasteiger partial charge in [-0.25, -0.2) is 4.98 Å². The maximum Gasteiger partial charge on any atom is 0.262 e. The Labute approximate surface area is 157 Å². The Kier molecular flexibility index (Phi) is 4.67. The number of thiophene rings is 1. The molecule has 1 aromatic carbocycles. The van der Waals surface area contributed by atoms with Crippen molar-refractivity contribution < 1.29 is 4.74 Å². The Morgan fingerprint density at radius 3 is 3.00 bits per heavy atom. The highest BCUT2D eigenvalue weighted by atomic mass is 32.1. The third kappa shape index (κ3) is 2.99. The van der Waals surface area contributed by atoms with Crippen molar-refractivity contribution in [3.05, 3.63) is 50.6 Å². The number of aromatic nitrogens is 2. The minimum Gasteiger partial charge on any atom is -0.383 e. The summed E-state index contributed by atoms with van der Waals surface area (Å²) in [6, 6.07) is 8.19. The van der Waals surface area contributed by atoms with Gasteiger partial charge in [-0.05, 0) is 43.7 Å². The van der Waals surface area contributed by atoms with E-state index in [-0.39, 0.29) is 5.56 Å². The van der Waals surface area contributed by atoms with E-state index < -0.39 is 0 Å². The standard InChI is InChI=1S/C21H24N2O2S/c1-13-5-4-6-15(11-13)19-22-20-18(21(24)23(19)9-10-25-3)16-8-7-14(2)12-17(16)26-20/h4-6,11,14H,7-10,12H2,1-3H3. The van der Waals surface area contributed by atoms with Gasteiger partial charge in [0.2, 0.25) is 0 Å². The summed E-state index contributed by atoms with van der Waals surface area (Å²) in [6.45, 7) is 5.36. The SMILES string of the molecule is COCCn1c(-c2cccc(C)c2)nc2sc3c(c2c1=O)CCC(C)C3. The molecule has 0 N–H and O–H groups in total. The van der Waals surface area contributed by atoms with E-state index in [0.717, 1.165) is 46.4 Å². The Morgan fingerprint density at radius 2 is 2.23 bits per heavy atom. The van der Waals surface area contributed by atoms with Gasteiger partial charge in [0.15, 0.2) is 0 Å². The number of aryl methyl sites for hydroxylation is 2. The van der Waals surface area contributed by atoms with Crippen LogP contribution in [0.1, 0.15) is 29.3 Å². The van der Waals surface area contributed by atoms with E-state index in [2.05, 4.69) is 26.0 Å². The molecule has 1 aliphatic rings. The molecule has 0 fully saturated rings. The number of rotatable bonds is 4. The number of ether oxygens (including phenoxy) is 1. The van der Waals surface area contributed by atoms with Crippen molar-refractivity contribution in [3.63, 3.8) is 0 Å². The van der Waals surface area contributed by atoms with Crippen LogP contribution in [-0.4, -0.2) is 23.3 Å². The summed E-state index contributed by atoms with van der Waals surface area (Å²) >= 11 is 1.71. The first-order valence-corrected chi connectivity index (χ1v) is 10.0. The van der Waals surface area contributed by atoms with Crippen LogP contribution in [0.2, 0.25) is 0 Å². The van der Waals surface area contributed by atoms with Crippen molar-refractivity contribution >= 4 is 21.6 Å². The molecular weight excluding hydrogens is 344 g/mol. The van der Waals surface area contributed by atoms with E-state index in [9.17, 15) is 4.79 Å². The van der Waals surface area contributed by atoms with Crippen LogP contribution in [0.25, 0.3) is 21.6 Å². The summed E-state index contributed by atoms with van der Waals surface area (Å²) in [6.07, 6.45) is 3.20. The largest absolute Gasteiger partial charge is 0.383 e. The molecule has 2 heterocycles. The Morgan fingerprint density at radius 1 is 1.38 bits per heavy atom. The first-order chi connectivity index (χ1) is 12.6. The number of hydrogen-bond donors (Lipinski definition) is 0. The first-order valence-electron chi connectivity index (χ1n) is 9.19. The van der Waals surface area contributed by atoms with Crippen LogP contribution in [0.3, 0.4) is 0 Å². The van der Waals surface area contributed by atoms with Crippen LogP contribution in [0.15, 0.2) is 29.1 Å². The van der Waals surface area contributed by atoms with Crippen LogP contribution in [-0.2, 0) is 24.1 Å². The molecule has 3 aromatic rings. The van der Waals surface area contributed by atoms with Gasteiger partial charge in [0, 0.05) is 17.6 Å². The molecule has 0 spiro atoms. The molecule has 1 atom stereocenters. The number of fused-ring (bicyclic) bond motifs is 3. The maximum absolute atomic E-state index is 13.4. The molecule has 0 bridgehead atoms. The highest BCUT2D eigenvalue weighted by Crippen LogP contribution is 2.36. The lowest BCUT2D eigenvalue weighted by Gasteiger charge is -2.18. The lowest BCUT2D eigenvalue weighted by Crippen LogP contribution is -2.26. The zero-order valence-electron chi connectivity index (χ0n) is 15.5. The molecule has 26 heavy (non-hydrogen) atoms. The second-order valence-corrected chi connectivity index (χ2v) is 8.37. The molecule has 0 radical (unpaired) electrons. The van der Waals surface area contributed by atoms with Gasteiger partial charge in [-0.15, -0.1) is 11.3 Å². The van der Waals surface area contributed by atoms with E-state index in [1.54, 1.807) is 23.0 Å². The topological polar surface area (TPSA) is 44.1 Å². The van der Waals surface area contributed by atoms with Gasteiger partial charge in [0.25, 0.3) is 5.56 Å². The van der Waals surface area contributed by atoms with Gasteiger partial charge >= 0.3 is 0 Å². The maximum atomic E-state index is 13.4. The van der Waals surface area contributed by atoms with Crippen molar-refractivity contribution in [1.29, 1.82) is 0 Å². The fourth-order valence-electron chi connectivity index (χ4n) is 3.82. The molecule has 4 rings (SSSR count). The molecule has 5 heteroatoms. The lowest BCUT2D eigenvalue weighted by molar-refractivity contribution is 0.186. The minimum atomic E-state index is 0.0793. The van der Waals surface area contributed by atoms with Gasteiger partial charge in [-0.1, -0.05) is 30.7 Å². The van der Waals surface area contributed by atoms with Crippen molar-refractivity contribution in [2.24, 2.45) is 5.92 Å². The van der Waals surface area contributed by atoms with Gasteiger partial charge in [0.05, 0.1) is 18.5 Å². The average Bonchev–Trinajstić information content (AvgIpc) is 2.98. The van der Waals surface area contributed by atoms with Gasteiger partial charge in [-0.3, -0.25) is 9.36 Å². The van der Waals surface area contributed by atoms with Crippen LogP contribution >= 0.6 is 11.3 Å². The first kappa shape index (κ1) is 17.4. The molecule has 0 saturated carbocycles. The van der Waals surface area contributed by atoms with Crippen LogP contribution < -0.4 is 5.56 Å². The molecule has 2 aromatic heterocycles. The zero-order valence-corrected chi connectivity index (χ0v) is 16.4. The Hall–Kier alpha value is -1.98. The van der Waals surface area contributed by atoms with Crippen LogP contribution in [0, 0.1) is 12.8 Å². The summed E-state index contributed by atoms with van der Waals surface area (Å²) in [7, 11) is 1.66. The summed E-state index contributed by atoms with van der Waals surface area (Å²) < 4.78 is 7.05. The van der Waals surface area contributed by atoms with Gasteiger partial charge in [-0.2, -0.15) is 0 Å². The fourth-order valence-corrected chi connectivity index (χ4v) is 5.19. The highest BCUT2D eigenvalue weighted by Gasteiger charge is 2.24. The monoisotopic (exact) mass is 368 g/mol. The summed E-state index contributed by atoms with van der Waals surface area (Å²) in [5.74, 6) is 1.43. The molecule has 1 unspecified atom stereocenters. The lowest BCUT2D eigenvalue weighted by atomic mass is 9.89. The van der Waals surface area contributed by atoms with E-state index in [4.69, 9.17) is 9.72 Å². The van der Waals surface area contributed by atoms with Gasteiger partial charge in [0.1, 0.15) is 10.7 Å². The normalized spacial score (nSPS) is 16.8. The third-order valence-electron chi connectivity index (χ3n) is 5.21. The minimum absolute atomic E-state index is 0.0793. The van der Waals surface area contributed by atoms with Crippen LogP contribution in [0.4, 0.5) is 0 Å². The molecule has 0 amide bonds. The predicted octanol–water partition coefficient (Wildman–Crippen LogP) is 4.20. The van der Waals surface area contributed by atoms with Crippen molar-refractivity contribution in [2.45, 2.75) is 39.7 Å². The molecule has 0 aliphatic heterocycles. The van der Waals surface area contributed by atoms with Crippen molar-refractivity contribution in [2.75, 3.05) is 13.7 Å². The molecule has 0 saturated heterocycles. The smallest absolute Gasteiger partial charge is 0.262 e. The Bertz CT molecular complexity index is 1020. The van der Waals surface area contributed by atoms with E-state index in [1.807, 2.05) is 12.1 Å². The molecular formula is C21H24N2O2S. The quantitative estimate of drug-likeness (QED) is 0.693. The number of benzene rings is 1. The van der Waals surface area contributed by atoms with Gasteiger partial charge < -0.3 is 4.74 Å². The zero-order chi connectivity index (χ0) is 18.3. The summed E-state index contributed by atoms with van der Waals surface area (Å²) in [5.41, 5.74) is 3.47. The highest BCUT2D eigenvalue weighted by molar-refractivity contribution is 7.18. The number of hydrogen-bond acceptors (Lipinski definition) is 4. The van der Waals surface area contributed by atoms with Crippen LogP contribution in [0.5, 0.6) is 0 Å². The molecule has 4 nitrogen and oxygen atoms in total. The number of nitrogens with zero attached hydrogens (tertiary/aromatic N) is 2. The van der Waals surface area contributed by atoms with Crippen molar-refractivity contribution in [1.82, 2.24) is 9.55 Å². The van der Waals surface area contributed by atoms with E-state index >= 15 is 0 Å². The Balaban J connectivity index is 1.97. The average molecular weight is 369 g/mol. The van der Waals surface area contributed by atoms with Crippen molar-refractivity contribution in [3.8, 4) is 11.4 Å². The third-order valence-corrected chi connectivity index (χ3v) is 6.36.